The molecule has 1 saturated carbocycles. The highest BCUT2D eigenvalue weighted by atomic mass is 16.3. The topological polar surface area (TPSA) is 69.6 Å². The van der Waals surface area contributed by atoms with Crippen LogP contribution in [0.3, 0.4) is 0 Å². The summed E-state index contributed by atoms with van der Waals surface area (Å²) in [5.41, 5.74) is -0.700. The third kappa shape index (κ3) is 2.82. The van der Waals surface area contributed by atoms with E-state index < -0.39 is 11.6 Å². The summed E-state index contributed by atoms with van der Waals surface area (Å²) in [5.74, 6) is 0.658. The molecule has 2 fully saturated rings. The first-order valence-corrected chi connectivity index (χ1v) is 7.73. The molecule has 0 aromatic heterocycles. The zero-order chi connectivity index (χ0) is 14.9. The molecule has 1 saturated heterocycles. The van der Waals surface area contributed by atoms with E-state index >= 15 is 0 Å². The molecule has 3 amide bonds. The Labute approximate surface area is 120 Å². The van der Waals surface area contributed by atoms with Gasteiger partial charge in [0, 0.05) is 0 Å². The smallest absolute Gasteiger partial charge is 0.325 e. The number of imide groups is 1. The third-order valence-electron chi connectivity index (χ3n) is 4.46. The van der Waals surface area contributed by atoms with Crippen molar-refractivity contribution in [1.82, 2.24) is 10.2 Å². The number of hydrogen-bond acceptors (Lipinski definition) is 3. The van der Waals surface area contributed by atoms with Gasteiger partial charge < -0.3 is 10.4 Å². The summed E-state index contributed by atoms with van der Waals surface area (Å²) in [6.07, 6.45) is 3.55. The fourth-order valence-corrected chi connectivity index (χ4v) is 2.89. The predicted molar refractivity (Wildman–Crippen MR) is 76.1 cm³/mol. The number of nitrogens with one attached hydrogen (secondary N) is 1. The van der Waals surface area contributed by atoms with Crippen LogP contribution in [0.4, 0.5) is 4.79 Å². The SMILES string of the molecule is CCC(O)CN1C(=O)NC(CCC(C)C)(C2CC2)C1=O. The van der Waals surface area contributed by atoms with E-state index in [9.17, 15) is 14.7 Å². The van der Waals surface area contributed by atoms with E-state index in [4.69, 9.17) is 0 Å². The highest BCUT2D eigenvalue weighted by Gasteiger charge is 2.58. The van der Waals surface area contributed by atoms with Crippen LogP contribution in [-0.4, -0.2) is 40.1 Å². The molecule has 0 spiro atoms. The van der Waals surface area contributed by atoms with Gasteiger partial charge in [-0.15, -0.1) is 0 Å². The van der Waals surface area contributed by atoms with E-state index in [0.717, 1.165) is 19.3 Å². The lowest BCUT2D eigenvalue weighted by Crippen LogP contribution is -2.49. The van der Waals surface area contributed by atoms with Gasteiger partial charge in [-0.3, -0.25) is 9.69 Å². The molecule has 114 valence electrons. The standard InChI is InChI=1S/C15H26N2O3/c1-4-12(18)9-17-13(19)15(11-5-6-11,16-14(17)20)8-7-10(2)3/h10-12,18H,4-9H2,1-3H3,(H,16,20). The summed E-state index contributed by atoms with van der Waals surface area (Å²) in [6.45, 7) is 6.20. The molecule has 1 aliphatic carbocycles. The Balaban J connectivity index is 2.13. The largest absolute Gasteiger partial charge is 0.391 e. The van der Waals surface area contributed by atoms with Gasteiger partial charge in [0.2, 0.25) is 0 Å². The van der Waals surface area contributed by atoms with E-state index in [0.29, 0.717) is 18.8 Å². The van der Waals surface area contributed by atoms with Crippen LogP contribution in [0.1, 0.15) is 52.9 Å². The van der Waals surface area contributed by atoms with Crippen molar-refractivity contribution in [3.63, 3.8) is 0 Å². The molecule has 5 nitrogen and oxygen atoms in total. The minimum absolute atomic E-state index is 0.108. The Morgan fingerprint density at radius 3 is 2.55 bits per heavy atom. The lowest BCUT2D eigenvalue weighted by molar-refractivity contribution is -0.133. The highest BCUT2D eigenvalue weighted by molar-refractivity contribution is 6.07. The summed E-state index contributed by atoms with van der Waals surface area (Å²) in [4.78, 5) is 26.0. The van der Waals surface area contributed by atoms with Crippen molar-refractivity contribution in [1.29, 1.82) is 0 Å². The summed E-state index contributed by atoms with van der Waals surface area (Å²) in [5, 5.41) is 12.7. The van der Waals surface area contributed by atoms with Crippen molar-refractivity contribution in [3.05, 3.63) is 0 Å². The monoisotopic (exact) mass is 282 g/mol. The molecular formula is C15H26N2O3. The van der Waals surface area contributed by atoms with E-state index in [2.05, 4.69) is 19.2 Å². The van der Waals surface area contributed by atoms with Gasteiger partial charge in [0.25, 0.3) is 5.91 Å². The number of aliphatic hydroxyl groups is 1. The molecule has 0 radical (unpaired) electrons. The van der Waals surface area contributed by atoms with Crippen molar-refractivity contribution in [3.8, 4) is 0 Å². The molecule has 2 N–H and O–H groups in total. The Bertz CT molecular complexity index is 393. The average Bonchev–Trinajstić information content (AvgIpc) is 3.20. The molecule has 1 aliphatic heterocycles. The van der Waals surface area contributed by atoms with Crippen molar-refractivity contribution in [2.45, 2.75) is 64.5 Å². The predicted octanol–water partition coefficient (Wildman–Crippen LogP) is 1.89. The number of aliphatic hydroxyl groups excluding tert-OH is 1. The first-order valence-electron chi connectivity index (χ1n) is 7.73. The van der Waals surface area contributed by atoms with Gasteiger partial charge in [0.05, 0.1) is 12.6 Å². The zero-order valence-corrected chi connectivity index (χ0v) is 12.7. The molecular weight excluding hydrogens is 256 g/mol. The Kier molecular flexibility index (Phi) is 4.37. The van der Waals surface area contributed by atoms with Gasteiger partial charge >= 0.3 is 6.03 Å². The molecule has 0 bridgehead atoms. The maximum atomic E-state index is 12.7. The first kappa shape index (κ1) is 15.3. The Hall–Kier alpha value is -1.10. The van der Waals surface area contributed by atoms with Crippen LogP contribution in [0.15, 0.2) is 0 Å². The number of carbonyl (C=O) groups excluding carboxylic acids is 2. The quantitative estimate of drug-likeness (QED) is 0.701. The summed E-state index contributed by atoms with van der Waals surface area (Å²) < 4.78 is 0. The second kappa shape index (κ2) is 5.72. The minimum Gasteiger partial charge on any atom is -0.391 e. The van der Waals surface area contributed by atoms with E-state index in [1.807, 2.05) is 6.92 Å². The molecule has 2 rings (SSSR count). The number of rotatable bonds is 7. The van der Waals surface area contributed by atoms with Crippen molar-refractivity contribution < 1.29 is 14.7 Å². The Morgan fingerprint density at radius 1 is 1.40 bits per heavy atom. The van der Waals surface area contributed by atoms with Crippen LogP contribution >= 0.6 is 0 Å². The maximum absolute atomic E-state index is 12.7. The summed E-state index contributed by atoms with van der Waals surface area (Å²) in [7, 11) is 0. The Morgan fingerprint density at radius 2 is 2.05 bits per heavy atom. The minimum atomic E-state index is -0.700. The fraction of sp³-hybridized carbons (Fsp3) is 0.867. The zero-order valence-electron chi connectivity index (χ0n) is 12.7. The summed E-state index contributed by atoms with van der Waals surface area (Å²) >= 11 is 0. The lowest BCUT2D eigenvalue weighted by Gasteiger charge is -2.27. The second-order valence-electron chi connectivity index (χ2n) is 6.59. The maximum Gasteiger partial charge on any atom is 0.325 e. The van der Waals surface area contributed by atoms with E-state index in [1.165, 1.54) is 4.90 Å². The number of amides is 3. The van der Waals surface area contributed by atoms with Crippen LogP contribution in [0.2, 0.25) is 0 Å². The average molecular weight is 282 g/mol. The molecule has 2 atom stereocenters. The van der Waals surface area contributed by atoms with Crippen LogP contribution in [-0.2, 0) is 4.79 Å². The number of nitrogens with zero attached hydrogens (tertiary/aromatic N) is 1. The van der Waals surface area contributed by atoms with Crippen molar-refractivity contribution >= 4 is 11.9 Å². The normalized spacial score (nSPS) is 28.1. The van der Waals surface area contributed by atoms with Crippen molar-refractivity contribution in [2.75, 3.05) is 6.54 Å². The number of hydrogen-bond donors (Lipinski definition) is 2. The van der Waals surface area contributed by atoms with Crippen LogP contribution < -0.4 is 5.32 Å². The van der Waals surface area contributed by atoms with Gasteiger partial charge in [-0.1, -0.05) is 20.8 Å². The molecule has 5 heteroatoms. The van der Waals surface area contributed by atoms with Gasteiger partial charge in [0.15, 0.2) is 0 Å². The molecule has 1 heterocycles. The number of β-amino-alcohol motifs (C(OH)–C–C–N with tert-alkyl or cyclic N) is 1. The van der Waals surface area contributed by atoms with Gasteiger partial charge in [-0.2, -0.15) is 0 Å². The molecule has 2 aliphatic rings. The van der Waals surface area contributed by atoms with E-state index in [-0.39, 0.29) is 24.4 Å². The highest BCUT2D eigenvalue weighted by Crippen LogP contribution is 2.45. The number of carbonyl (C=O) groups is 2. The molecule has 2 unspecified atom stereocenters. The van der Waals surface area contributed by atoms with Crippen molar-refractivity contribution in [2.24, 2.45) is 11.8 Å². The van der Waals surface area contributed by atoms with Crippen LogP contribution in [0, 0.1) is 11.8 Å². The first-order chi connectivity index (χ1) is 9.40. The van der Waals surface area contributed by atoms with Gasteiger partial charge in [-0.05, 0) is 43.9 Å². The summed E-state index contributed by atoms with van der Waals surface area (Å²) in [6, 6.07) is -0.335. The second-order valence-corrected chi connectivity index (χ2v) is 6.59. The van der Waals surface area contributed by atoms with Gasteiger partial charge in [-0.25, -0.2) is 4.79 Å². The molecule has 20 heavy (non-hydrogen) atoms. The number of urea groups is 1. The van der Waals surface area contributed by atoms with Gasteiger partial charge in [0.1, 0.15) is 5.54 Å². The molecule has 0 aromatic carbocycles. The van der Waals surface area contributed by atoms with Crippen LogP contribution in [0.5, 0.6) is 0 Å². The third-order valence-corrected chi connectivity index (χ3v) is 4.46. The lowest BCUT2D eigenvalue weighted by atomic mass is 9.85. The van der Waals surface area contributed by atoms with E-state index in [1.54, 1.807) is 0 Å². The fourth-order valence-electron chi connectivity index (χ4n) is 2.89. The molecule has 0 aromatic rings. The van der Waals surface area contributed by atoms with Crippen LogP contribution in [0.25, 0.3) is 0 Å².